The average Bonchev–Trinajstić information content (AvgIpc) is 3.24. The minimum atomic E-state index is -2.43. The molecule has 0 saturated heterocycles. The van der Waals surface area contributed by atoms with Gasteiger partial charge < -0.3 is 15.4 Å². The number of ether oxygens (including phenoxy) is 1. The first-order valence-electron chi connectivity index (χ1n) is 11.2. The molecule has 1 unspecified atom stereocenters. The molecule has 1 heterocycles. The van der Waals surface area contributed by atoms with Crippen LogP contribution in [0.15, 0.2) is 29.6 Å². The number of benzene rings is 1. The van der Waals surface area contributed by atoms with E-state index in [1.54, 1.807) is 32.9 Å². The summed E-state index contributed by atoms with van der Waals surface area (Å²) in [6.45, 7) is 11.0. The van der Waals surface area contributed by atoms with Gasteiger partial charge in [0.05, 0.1) is 17.4 Å². The zero-order chi connectivity index (χ0) is 26.2. The lowest BCUT2D eigenvalue weighted by Gasteiger charge is -2.27. The van der Waals surface area contributed by atoms with Gasteiger partial charge >= 0.3 is 17.5 Å². The monoisotopic (exact) mass is 526 g/mol. The number of anilines is 1. The second kappa shape index (κ2) is 13.0. The van der Waals surface area contributed by atoms with Crippen molar-refractivity contribution >= 4 is 40.4 Å². The fourth-order valence-corrected chi connectivity index (χ4v) is 4.22. The Morgan fingerprint density at radius 1 is 1.17 bits per heavy atom. The summed E-state index contributed by atoms with van der Waals surface area (Å²) in [6.07, 6.45) is 0.574. The summed E-state index contributed by atoms with van der Waals surface area (Å²) in [4.78, 5) is 30.2. The minimum Gasteiger partial charge on any atom is -0.444 e. The van der Waals surface area contributed by atoms with E-state index in [2.05, 4.69) is 25.4 Å². The molecular formula is C23H34N4O6S2. The fourth-order valence-electron chi connectivity index (χ4n) is 3.10. The van der Waals surface area contributed by atoms with E-state index in [1.165, 1.54) is 11.3 Å². The minimum absolute atomic E-state index is 0.173. The van der Waals surface area contributed by atoms with Crippen molar-refractivity contribution in [3.8, 4) is 0 Å². The van der Waals surface area contributed by atoms with Gasteiger partial charge in [-0.05, 0) is 57.2 Å². The zero-order valence-corrected chi connectivity index (χ0v) is 22.4. The Morgan fingerprint density at radius 2 is 1.83 bits per heavy atom. The van der Waals surface area contributed by atoms with Gasteiger partial charge in [0.15, 0.2) is 0 Å². The SMILES string of the molecule is CCc1csc([C@H](Cc2ccc(NOS(=O)O)cc2)NC(=O)[C@@H](NC(=O)OC(C)(C)C)C(C)C)n1. The van der Waals surface area contributed by atoms with E-state index < -0.39 is 35.1 Å². The molecule has 1 aromatic heterocycles. The lowest BCUT2D eigenvalue weighted by atomic mass is 10.0. The highest BCUT2D eigenvalue weighted by molar-refractivity contribution is 7.74. The van der Waals surface area contributed by atoms with Crippen molar-refractivity contribution in [2.75, 3.05) is 5.48 Å². The molecule has 12 heteroatoms. The van der Waals surface area contributed by atoms with Crippen LogP contribution in [0.5, 0.6) is 0 Å². The third-order valence-corrected chi connectivity index (χ3v) is 6.03. The van der Waals surface area contributed by atoms with Crippen molar-refractivity contribution in [3.05, 3.63) is 45.9 Å². The van der Waals surface area contributed by atoms with Crippen LogP contribution < -0.4 is 16.1 Å². The molecule has 35 heavy (non-hydrogen) atoms. The van der Waals surface area contributed by atoms with Gasteiger partial charge in [-0.15, -0.1) is 15.6 Å². The van der Waals surface area contributed by atoms with E-state index in [4.69, 9.17) is 9.29 Å². The first kappa shape index (κ1) is 28.7. The van der Waals surface area contributed by atoms with Crippen LogP contribution in [0.25, 0.3) is 0 Å². The van der Waals surface area contributed by atoms with Gasteiger partial charge in [-0.1, -0.05) is 32.9 Å². The molecule has 2 rings (SSSR count). The molecule has 0 radical (unpaired) electrons. The maximum atomic E-state index is 13.3. The summed E-state index contributed by atoms with van der Waals surface area (Å²) in [6, 6.07) is 5.81. The summed E-state index contributed by atoms with van der Waals surface area (Å²) in [5.41, 5.74) is 4.04. The summed E-state index contributed by atoms with van der Waals surface area (Å²) in [5.74, 6) is -0.505. The smallest absolute Gasteiger partial charge is 0.408 e. The van der Waals surface area contributed by atoms with Crippen LogP contribution in [-0.2, 0) is 38.0 Å². The topological polar surface area (TPSA) is 139 Å². The van der Waals surface area contributed by atoms with E-state index in [1.807, 2.05) is 38.3 Å². The number of hydrogen-bond acceptors (Lipinski definition) is 8. The van der Waals surface area contributed by atoms with Gasteiger partial charge in [0, 0.05) is 5.38 Å². The van der Waals surface area contributed by atoms with Crippen LogP contribution >= 0.6 is 11.3 Å². The van der Waals surface area contributed by atoms with Crippen molar-refractivity contribution in [1.82, 2.24) is 15.6 Å². The van der Waals surface area contributed by atoms with Crippen LogP contribution in [0.4, 0.5) is 10.5 Å². The largest absolute Gasteiger partial charge is 0.444 e. The molecule has 2 aromatic rings. The summed E-state index contributed by atoms with van der Waals surface area (Å²) < 4.78 is 29.2. The molecule has 0 saturated carbocycles. The fraction of sp³-hybridized carbons (Fsp3) is 0.522. The molecule has 0 aliphatic rings. The Kier molecular flexibility index (Phi) is 10.6. The number of hydrogen-bond donors (Lipinski definition) is 4. The number of aromatic nitrogens is 1. The normalized spacial score (nSPS) is 14.2. The van der Waals surface area contributed by atoms with Gasteiger partial charge in [0.1, 0.15) is 16.7 Å². The van der Waals surface area contributed by atoms with Gasteiger partial charge in [-0.25, -0.2) is 15.3 Å². The number of nitrogens with zero attached hydrogens (tertiary/aromatic N) is 1. The maximum Gasteiger partial charge on any atom is 0.408 e. The number of aryl methyl sites for hydroxylation is 1. The molecular weight excluding hydrogens is 492 g/mol. The molecule has 2 amide bonds. The standard InChI is InChI=1S/C23H34N4O6S2/c1-7-16-13-34-21(24-16)18(12-15-8-10-17(11-9-15)27-33-35(30)31)25-20(28)19(14(2)3)26-22(29)32-23(4,5)6/h8-11,13-14,18-19,27H,7,12H2,1-6H3,(H,25,28)(H,26,29)(H,30,31)/t18-,19-/m0/s1. The second-order valence-corrected chi connectivity index (χ2v) is 10.8. The van der Waals surface area contributed by atoms with E-state index in [-0.39, 0.29) is 11.8 Å². The molecule has 0 fully saturated rings. The Bertz CT molecular complexity index is 1000. The van der Waals surface area contributed by atoms with Crippen LogP contribution in [0.2, 0.25) is 0 Å². The van der Waals surface area contributed by atoms with Crippen LogP contribution in [0.1, 0.15) is 63.8 Å². The third kappa shape index (κ3) is 9.92. The third-order valence-electron chi connectivity index (χ3n) is 4.79. The molecule has 0 aliphatic heterocycles. The summed E-state index contributed by atoms with van der Waals surface area (Å²) >= 11 is -0.966. The van der Waals surface area contributed by atoms with Crippen molar-refractivity contribution in [3.63, 3.8) is 0 Å². The van der Waals surface area contributed by atoms with Crippen molar-refractivity contribution in [2.24, 2.45) is 5.92 Å². The summed E-state index contributed by atoms with van der Waals surface area (Å²) in [5, 5.41) is 8.46. The molecule has 4 N–H and O–H groups in total. The Hall–Kier alpha value is -2.54. The maximum absolute atomic E-state index is 13.3. The van der Waals surface area contributed by atoms with Gasteiger partial charge in [0.2, 0.25) is 5.91 Å². The van der Waals surface area contributed by atoms with Crippen LogP contribution in [0, 0.1) is 5.92 Å². The van der Waals surface area contributed by atoms with Gasteiger partial charge in [-0.2, -0.15) is 4.21 Å². The predicted octanol–water partition coefficient (Wildman–Crippen LogP) is 4.14. The number of amides is 2. The Balaban J connectivity index is 2.19. The van der Waals surface area contributed by atoms with E-state index in [0.29, 0.717) is 12.1 Å². The van der Waals surface area contributed by atoms with Crippen molar-refractivity contribution in [2.45, 2.75) is 72.1 Å². The number of nitrogens with one attached hydrogen (secondary N) is 3. The van der Waals surface area contributed by atoms with Crippen LogP contribution in [0.3, 0.4) is 0 Å². The number of rotatable bonds is 11. The highest BCUT2D eigenvalue weighted by Crippen LogP contribution is 2.24. The average molecular weight is 527 g/mol. The first-order valence-corrected chi connectivity index (χ1v) is 13.2. The predicted molar refractivity (Wildman–Crippen MR) is 136 cm³/mol. The van der Waals surface area contributed by atoms with Gasteiger partial charge in [0.25, 0.3) is 0 Å². The number of carbonyl (C=O) groups is 2. The number of carbonyl (C=O) groups excluding carboxylic acids is 2. The van der Waals surface area contributed by atoms with E-state index in [9.17, 15) is 13.8 Å². The first-order chi connectivity index (χ1) is 16.4. The zero-order valence-electron chi connectivity index (χ0n) is 20.8. The second-order valence-electron chi connectivity index (χ2n) is 9.26. The molecule has 194 valence electrons. The number of alkyl carbamates (subject to hydrolysis) is 1. The highest BCUT2D eigenvalue weighted by atomic mass is 32.2. The highest BCUT2D eigenvalue weighted by Gasteiger charge is 2.29. The van der Waals surface area contributed by atoms with Crippen molar-refractivity contribution < 1.29 is 27.4 Å². The molecule has 0 aliphatic carbocycles. The quantitative estimate of drug-likeness (QED) is 0.253. The Labute approximate surface area is 212 Å². The summed E-state index contributed by atoms with van der Waals surface area (Å²) in [7, 11) is 0. The number of thiazole rings is 1. The molecule has 1 aromatic carbocycles. The van der Waals surface area contributed by atoms with Gasteiger partial charge in [-0.3, -0.25) is 9.35 Å². The molecule has 0 spiro atoms. The lowest BCUT2D eigenvalue weighted by molar-refractivity contribution is -0.125. The van der Waals surface area contributed by atoms with Crippen molar-refractivity contribution in [1.29, 1.82) is 0 Å². The molecule has 10 nitrogen and oxygen atoms in total. The van der Waals surface area contributed by atoms with E-state index >= 15 is 0 Å². The molecule has 0 bridgehead atoms. The Morgan fingerprint density at radius 3 is 2.34 bits per heavy atom. The molecule has 3 atom stereocenters. The van der Waals surface area contributed by atoms with Crippen LogP contribution in [-0.4, -0.2) is 37.4 Å². The van der Waals surface area contributed by atoms with E-state index in [0.717, 1.165) is 22.7 Å². The lowest BCUT2D eigenvalue weighted by Crippen LogP contribution is -2.51.